The molecule has 2 heterocycles. The Balaban J connectivity index is 1.34. The fraction of sp³-hybridized carbons (Fsp3) is 0.385. The fourth-order valence-corrected chi connectivity index (χ4v) is 6.11. The summed E-state index contributed by atoms with van der Waals surface area (Å²) in [4.78, 5) is 25.8. The van der Waals surface area contributed by atoms with Gasteiger partial charge in [-0.15, -0.1) is 0 Å². The Bertz CT molecular complexity index is 1550. The van der Waals surface area contributed by atoms with Crippen LogP contribution in [0.3, 0.4) is 0 Å². The summed E-state index contributed by atoms with van der Waals surface area (Å²) in [6.45, 7) is 3.62. The molecule has 3 aromatic rings. The summed E-state index contributed by atoms with van der Waals surface area (Å²) >= 11 is 6.13. The maximum atomic E-state index is 13.5. The van der Waals surface area contributed by atoms with E-state index in [-0.39, 0.29) is 35.7 Å². The number of benzene rings is 2. The highest BCUT2D eigenvalue weighted by Crippen LogP contribution is 2.45. The summed E-state index contributed by atoms with van der Waals surface area (Å²) < 4.78 is 34.9. The van der Waals surface area contributed by atoms with Crippen LogP contribution in [0.25, 0.3) is 5.69 Å². The van der Waals surface area contributed by atoms with Crippen LogP contribution in [0.1, 0.15) is 25.3 Å². The molecule has 1 saturated heterocycles. The second-order valence-electron chi connectivity index (χ2n) is 10.2. The number of aromatic nitrogens is 2. The lowest BCUT2D eigenvalue weighted by Gasteiger charge is -2.35. The lowest BCUT2D eigenvalue weighted by molar-refractivity contribution is -0.384. The lowest BCUT2D eigenvalue weighted by atomic mass is 10.2. The quantitative estimate of drug-likeness (QED) is 0.280. The van der Waals surface area contributed by atoms with E-state index in [1.807, 2.05) is 4.90 Å². The van der Waals surface area contributed by atoms with E-state index in [0.29, 0.717) is 41.7 Å². The Hall–Kier alpha value is -3.48. The Morgan fingerprint density at radius 1 is 1.10 bits per heavy atom. The van der Waals surface area contributed by atoms with Crippen LogP contribution in [0.15, 0.2) is 59.5 Å². The molecule has 13 heteroatoms. The zero-order valence-electron chi connectivity index (χ0n) is 21.3. The first-order chi connectivity index (χ1) is 18.5. The van der Waals surface area contributed by atoms with Gasteiger partial charge in [0.2, 0.25) is 15.8 Å². The highest BCUT2D eigenvalue weighted by Gasteiger charge is 2.39. The van der Waals surface area contributed by atoms with Gasteiger partial charge in [-0.05, 0) is 36.6 Å². The molecule has 2 aromatic carbocycles. The van der Waals surface area contributed by atoms with E-state index in [2.05, 4.69) is 12.0 Å². The van der Waals surface area contributed by atoms with E-state index >= 15 is 0 Å². The van der Waals surface area contributed by atoms with E-state index in [1.165, 1.54) is 33.3 Å². The first-order valence-electron chi connectivity index (χ1n) is 12.5. The number of sulfonamides is 1. The summed E-state index contributed by atoms with van der Waals surface area (Å²) in [7, 11) is -3.65. The van der Waals surface area contributed by atoms with Crippen LogP contribution < -0.4 is 15.2 Å². The van der Waals surface area contributed by atoms with Gasteiger partial charge in [0.15, 0.2) is 0 Å². The Morgan fingerprint density at radius 2 is 1.79 bits per heavy atom. The van der Waals surface area contributed by atoms with E-state index < -0.39 is 20.5 Å². The minimum atomic E-state index is -3.65. The van der Waals surface area contributed by atoms with Crippen molar-refractivity contribution in [3.63, 3.8) is 0 Å². The van der Waals surface area contributed by atoms with Gasteiger partial charge in [0.25, 0.3) is 5.69 Å². The van der Waals surface area contributed by atoms with E-state index in [1.54, 1.807) is 30.5 Å². The molecule has 2 aliphatic rings. The molecular weight excluding hydrogens is 546 g/mol. The minimum Gasteiger partial charge on any atom is -0.486 e. The topological polar surface area (TPSA) is 128 Å². The average Bonchev–Trinajstić information content (AvgIpc) is 3.65. The number of rotatable bonds is 9. The van der Waals surface area contributed by atoms with Crippen molar-refractivity contribution in [3.05, 3.63) is 85.8 Å². The van der Waals surface area contributed by atoms with Crippen molar-refractivity contribution in [3.8, 4) is 11.4 Å². The molecule has 0 amide bonds. The van der Waals surface area contributed by atoms with Crippen molar-refractivity contribution in [2.24, 2.45) is 5.41 Å². The van der Waals surface area contributed by atoms with Gasteiger partial charge in [-0.2, -0.15) is 14.1 Å². The third kappa shape index (κ3) is 6.07. The van der Waals surface area contributed by atoms with Crippen LogP contribution in [0.4, 0.5) is 11.4 Å². The van der Waals surface area contributed by atoms with Crippen molar-refractivity contribution >= 4 is 33.0 Å². The van der Waals surface area contributed by atoms with Crippen LogP contribution in [0.5, 0.6) is 5.75 Å². The highest BCUT2D eigenvalue weighted by atomic mass is 35.5. The Kier molecular flexibility index (Phi) is 7.36. The number of ether oxygens (including phenoxy) is 1. The Labute approximate surface area is 230 Å². The molecular formula is C26H28ClN5O6S. The predicted octanol–water partition coefficient (Wildman–Crippen LogP) is 3.63. The van der Waals surface area contributed by atoms with Crippen LogP contribution in [0, 0.1) is 15.5 Å². The maximum absolute atomic E-state index is 13.5. The zero-order chi connectivity index (χ0) is 27.8. The van der Waals surface area contributed by atoms with Gasteiger partial charge in [-0.25, -0.2) is 8.42 Å². The summed E-state index contributed by atoms with van der Waals surface area (Å²) in [5.74, 6) is -0.0740. The number of nitrogens with zero attached hydrogens (tertiary/aromatic N) is 5. The average molecular weight is 574 g/mol. The summed E-state index contributed by atoms with van der Waals surface area (Å²) in [6, 6.07) is 12.3. The molecule has 0 bridgehead atoms. The smallest absolute Gasteiger partial charge is 0.316 e. The van der Waals surface area contributed by atoms with E-state index in [4.69, 9.17) is 16.3 Å². The fourth-order valence-electron chi connectivity index (χ4n) is 4.41. The van der Waals surface area contributed by atoms with Gasteiger partial charge in [-0.3, -0.25) is 14.9 Å². The summed E-state index contributed by atoms with van der Waals surface area (Å²) in [5, 5.41) is 15.7. The molecule has 2 fully saturated rings. The SMILES string of the molecule is CC1(COc2c(N3CCN(S(=O)(=O)Cc4ccc([N+](=O)[O-])cc4)CC3)cnn(-c3cccc(Cl)c3)c2=O)CC1. The molecule has 206 valence electrons. The number of nitro benzene ring substituents is 1. The summed E-state index contributed by atoms with van der Waals surface area (Å²) in [6.07, 6.45) is 3.64. The molecule has 11 nitrogen and oxygen atoms in total. The largest absolute Gasteiger partial charge is 0.486 e. The molecule has 0 radical (unpaired) electrons. The van der Waals surface area contributed by atoms with Crippen LogP contribution in [-0.2, 0) is 15.8 Å². The number of piperazine rings is 1. The molecule has 0 N–H and O–H groups in total. The normalized spacial score (nSPS) is 17.1. The molecule has 1 aromatic heterocycles. The lowest BCUT2D eigenvalue weighted by Crippen LogP contribution is -2.49. The predicted molar refractivity (Wildman–Crippen MR) is 147 cm³/mol. The number of hydrogen-bond acceptors (Lipinski definition) is 8. The third-order valence-electron chi connectivity index (χ3n) is 7.10. The molecule has 39 heavy (non-hydrogen) atoms. The number of non-ortho nitro benzene ring substituents is 1. The second kappa shape index (κ2) is 10.6. The highest BCUT2D eigenvalue weighted by molar-refractivity contribution is 7.88. The van der Waals surface area contributed by atoms with Gasteiger partial charge in [0.05, 0.1) is 29.2 Å². The molecule has 5 rings (SSSR count). The molecule has 1 aliphatic heterocycles. The van der Waals surface area contributed by atoms with Crippen molar-refractivity contribution < 1.29 is 18.1 Å². The number of halogens is 1. The molecule has 1 saturated carbocycles. The van der Waals surface area contributed by atoms with Crippen molar-refractivity contribution in [1.29, 1.82) is 0 Å². The van der Waals surface area contributed by atoms with Crippen LogP contribution in [0.2, 0.25) is 5.02 Å². The Morgan fingerprint density at radius 3 is 2.41 bits per heavy atom. The molecule has 0 unspecified atom stereocenters. The van der Waals surface area contributed by atoms with E-state index in [9.17, 15) is 23.3 Å². The first-order valence-corrected chi connectivity index (χ1v) is 14.5. The van der Waals surface area contributed by atoms with Gasteiger partial charge in [0.1, 0.15) is 5.69 Å². The molecule has 0 atom stereocenters. The van der Waals surface area contributed by atoms with Gasteiger partial charge < -0.3 is 9.64 Å². The van der Waals surface area contributed by atoms with E-state index in [0.717, 1.165) is 12.8 Å². The van der Waals surface area contributed by atoms with Crippen LogP contribution >= 0.6 is 11.6 Å². The summed E-state index contributed by atoms with van der Waals surface area (Å²) in [5.41, 5.74) is 1.05. The molecule has 0 spiro atoms. The zero-order valence-corrected chi connectivity index (χ0v) is 22.9. The second-order valence-corrected chi connectivity index (χ2v) is 12.6. The van der Waals surface area contributed by atoms with Crippen molar-refractivity contribution in [1.82, 2.24) is 14.1 Å². The number of nitro groups is 1. The van der Waals surface area contributed by atoms with Gasteiger partial charge in [-0.1, -0.05) is 36.7 Å². The molecule has 1 aliphatic carbocycles. The monoisotopic (exact) mass is 573 g/mol. The van der Waals surface area contributed by atoms with Gasteiger partial charge >= 0.3 is 5.56 Å². The minimum absolute atomic E-state index is 0.0402. The first kappa shape index (κ1) is 27.1. The van der Waals surface area contributed by atoms with Crippen molar-refractivity contribution in [2.45, 2.75) is 25.5 Å². The number of hydrogen-bond donors (Lipinski definition) is 0. The maximum Gasteiger partial charge on any atom is 0.316 e. The standard InChI is InChI=1S/C26H28ClN5O6S/c1-26(9-10-26)18-38-24-23(16-28-31(25(24)33)22-4-2-3-20(27)15-22)29-11-13-30(14-12-29)39(36,37)17-19-5-7-21(8-6-19)32(34)35/h2-8,15-16H,9-14,17-18H2,1H3. The third-order valence-corrected chi connectivity index (χ3v) is 9.19. The van der Waals surface area contributed by atoms with Crippen molar-refractivity contribution in [2.75, 3.05) is 37.7 Å². The van der Waals surface area contributed by atoms with Gasteiger partial charge in [0, 0.05) is 48.7 Å². The number of anilines is 1. The van der Waals surface area contributed by atoms with Crippen LogP contribution in [-0.4, -0.2) is 60.2 Å².